The van der Waals surface area contributed by atoms with Gasteiger partial charge < -0.3 is 15.1 Å². The highest BCUT2D eigenvalue weighted by atomic mass is 16.2. The number of carbonyl (C=O) groups is 2. The molecule has 0 aromatic heterocycles. The Bertz CT molecular complexity index is 802. The van der Waals surface area contributed by atoms with Crippen LogP contribution in [-0.2, 0) is 11.2 Å². The van der Waals surface area contributed by atoms with Gasteiger partial charge in [0.05, 0.1) is 0 Å². The van der Waals surface area contributed by atoms with Crippen LogP contribution in [0.3, 0.4) is 0 Å². The molecule has 2 bridgehead atoms. The van der Waals surface area contributed by atoms with E-state index in [0.717, 1.165) is 70.5 Å². The third kappa shape index (κ3) is 4.32. The summed E-state index contributed by atoms with van der Waals surface area (Å²) >= 11 is 0. The van der Waals surface area contributed by atoms with Gasteiger partial charge in [-0.15, -0.1) is 0 Å². The number of likely N-dealkylation sites (tertiary alicyclic amines) is 2. The van der Waals surface area contributed by atoms with Crippen LogP contribution < -0.4 is 5.32 Å². The molecule has 6 heteroatoms. The Morgan fingerprint density at radius 2 is 1.84 bits per heavy atom. The van der Waals surface area contributed by atoms with Crippen molar-refractivity contribution in [2.24, 2.45) is 11.8 Å². The van der Waals surface area contributed by atoms with E-state index in [1.165, 1.54) is 18.4 Å². The highest BCUT2D eigenvalue weighted by Crippen LogP contribution is 2.39. The van der Waals surface area contributed by atoms with E-state index in [9.17, 15) is 9.59 Å². The van der Waals surface area contributed by atoms with Gasteiger partial charge in [0.2, 0.25) is 5.91 Å². The minimum atomic E-state index is 0.0228. The first-order chi connectivity index (χ1) is 15.1. The third-order valence-corrected chi connectivity index (χ3v) is 8.09. The number of hydrogen-bond donors (Lipinski definition) is 1. The molecular formula is C25H36N4O2. The number of hydrogen-bond acceptors (Lipinski definition) is 3. The molecule has 5 rings (SSSR count). The maximum absolute atomic E-state index is 12.7. The fourth-order valence-electron chi connectivity index (χ4n) is 6.41. The number of amides is 3. The van der Waals surface area contributed by atoms with E-state index in [-0.39, 0.29) is 6.03 Å². The van der Waals surface area contributed by atoms with E-state index in [1.54, 1.807) is 0 Å². The maximum atomic E-state index is 12.7. The summed E-state index contributed by atoms with van der Waals surface area (Å²) in [6, 6.07) is 9.22. The zero-order valence-corrected chi connectivity index (χ0v) is 18.8. The Labute approximate surface area is 185 Å². The van der Waals surface area contributed by atoms with Gasteiger partial charge in [-0.25, -0.2) is 4.79 Å². The Hall–Kier alpha value is -2.08. The molecule has 31 heavy (non-hydrogen) atoms. The number of anilines is 1. The normalized spacial score (nSPS) is 29.6. The summed E-state index contributed by atoms with van der Waals surface area (Å²) < 4.78 is 0. The number of nitrogens with zero attached hydrogens (tertiary/aromatic N) is 3. The van der Waals surface area contributed by atoms with Gasteiger partial charge in [-0.05, 0) is 68.1 Å². The first kappa shape index (κ1) is 20.8. The lowest BCUT2D eigenvalue weighted by molar-refractivity contribution is -0.145. The highest BCUT2D eigenvalue weighted by Gasteiger charge is 2.45. The van der Waals surface area contributed by atoms with Crippen molar-refractivity contribution < 1.29 is 9.59 Å². The van der Waals surface area contributed by atoms with Crippen molar-refractivity contribution in [3.63, 3.8) is 0 Å². The molecule has 4 saturated heterocycles. The van der Waals surface area contributed by atoms with Gasteiger partial charge in [-0.2, -0.15) is 0 Å². The van der Waals surface area contributed by atoms with Gasteiger partial charge in [0.1, 0.15) is 0 Å². The Morgan fingerprint density at radius 3 is 2.58 bits per heavy atom. The molecule has 6 nitrogen and oxygen atoms in total. The molecular weight excluding hydrogens is 388 g/mol. The van der Waals surface area contributed by atoms with E-state index < -0.39 is 0 Å². The molecule has 4 aliphatic heterocycles. The van der Waals surface area contributed by atoms with Crippen molar-refractivity contribution in [2.75, 3.05) is 38.0 Å². The van der Waals surface area contributed by atoms with Crippen LogP contribution in [-0.4, -0.2) is 71.4 Å². The molecule has 2 unspecified atom stereocenters. The predicted octanol–water partition coefficient (Wildman–Crippen LogP) is 3.58. The third-order valence-electron chi connectivity index (χ3n) is 8.09. The molecule has 168 valence electrons. The number of fused-ring (bicyclic) bond motifs is 4. The second-order valence-electron chi connectivity index (χ2n) is 10.0. The van der Waals surface area contributed by atoms with Crippen LogP contribution in [0, 0.1) is 11.8 Å². The van der Waals surface area contributed by atoms with Gasteiger partial charge >= 0.3 is 6.03 Å². The first-order valence-electron chi connectivity index (χ1n) is 12.3. The standard InChI is InChI=1S/C25H36N4O2/c1-2-18-6-8-21(9-7-18)26-25(31)27-12-10-22(11-13-27)28-15-19-14-20(17-28)23-4-3-5-24(30)29(23)16-19/h6-9,19-20,22-23H,2-5,10-17H2,1H3,(H,26,31)/t19?,20?,23-/m1/s1. The van der Waals surface area contributed by atoms with Gasteiger partial charge in [-0.1, -0.05) is 19.1 Å². The number of aryl methyl sites for hydroxylation is 1. The second-order valence-corrected chi connectivity index (χ2v) is 10.0. The van der Waals surface area contributed by atoms with Crippen LogP contribution in [0.25, 0.3) is 0 Å². The van der Waals surface area contributed by atoms with Crippen LogP contribution in [0.4, 0.5) is 10.5 Å². The fourth-order valence-corrected chi connectivity index (χ4v) is 6.41. The molecule has 3 atom stereocenters. The summed E-state index contributed by atoms with van der Waals surface area (Å²) in [5, 5.41) is 3.06. The molecule has 4 aliphatic rings. The van der Waals surface area contributed by atoms with Crippen LogP contribution >= 0.6 is 0 Å². The molecule has 0 saturated carbocycles. The number of piperidine rings is 4. The van der Waals surface area contributed by atoms with Crippen molar-refractivity contribution in [3.05, 3.63) is 29.8 Å². The minimum absolute atomic E-state index is 0.0228. The summed E-state index contributed by atoms with van der Waals surface area (Å²) in [6.07, 6.45) is 7.41. The summed E-state index contributed by atoms with van der Waals surface area (Å²) in [6.45, 7) is 7.00. The minimum Gasteiger partial charge on any atom is -0.339 e. The first-order valence-corrected chi connectivity index (χ1v) is 12.3. The quantitative estimate of drug-likeness (QED) is 0.807. The monoisotopic (exact) mass is 424 g/mol. The van der Waals surface area contributed by atoms with Crippen LogP contribution in [0.2, 0.25) is 0 Å². The number of benzene rings is 1. The maximum Gasteiger partial charge on any atom is 0.321 e. The molecule has 0 spiro atoms. The van der Waals surface area contributed by atoms with E-state index in [1.807, 2.05) is 17.0 Å². The van der Waals surface area contributed by atoms with Crippen molar-refractivity contribution in [2.45, 2.75) is 64.0 Å². The average molecular weight is 425 g/mol. The lowest BCUT2D eigenvalue weighted by atomic mass is 9.75. The van der Waals surface area contributed by atoms with Crippen molar-refractivity contribution >= 4 is 17.6 Å². The Balaban J connectivity index is 1.14. The van der Waals surface area contributed by atoms with Crippen molar-refractivity contribution in [1.29, 1.82) is 0 Å². The number of carbonyl (C=O) groups excluding carboxylic acids is 2. The van der Waals surface area contributed by atoms with E-state index in [0.29, 0.717) is 29.8 Å². The molecule has 0 aliphatic carbocycles. The molecule has 3 amide bonds. The van der Waals surface area contributed by atoms with Gasteiger partial charge in [0.25, 0.3) is 0 Å². The second kappa shape index (κ2) is 8.81. The largest absolute Gasteiger partial charge is 0.339 e. The SMILES string of the molecule is CCc1ccc(NC(=O)N2CCC(N3CC4CC(C3)[C@H]3CCCC(=O)N3C4)CC2)cc1. The van der Waals surface area contributed by atoms with Crippen LogP contribution in [0.1, 0.15) is 51.0 Å². The average Bonchev–Trinajstić information content (AvgIpc) is 2.80. The predicted molar refractivity (Wildman–Crippen MR) is 122 cm³/mol. The zero-order chi connectivity index (χ0) is 21.4. The topological polar surface area (TPSA) is 55.9 Å². The van der Waals surface area contributed by atoms with Crippen LogP contribution in [0.5, 0.6) is 0 Å². The van der Waals surface area contributed by atoms with E-state index in [2.05, 4.69) is 34.2 Å². The smallest absolute Gasteiger partial charge is 0.321 e. The lowest BCUT2D eigenvalue weighted by Gasteiger charge is -2.54. The molecule has 1 aromatic rings. The highest BCUT2D eigenvalue weighted by molar-refractivity contribution is 5.89. The van der Waals surface area contributed by atoms with Gasteiger partial charge in [0, 0.05) is 56.9 Å². The summed E-state index contributed by atoms with van der Waals surface area (Å²) in [5.74, 6) is 1.66. The zero-order valence-electron chi connectivity index (χ0n) is 18.8. The molecule has 1 N–H and O–H groups in total. The van der Waals surface area contributed by atoms with E-state index >= 15 is 0 Å². The lowest BCUT2D eigenvalue weighted by Crippen LogP contribution is -2.62. The Kier molecular flexibility index (Phi) is 5.91. The summed E-state index contributed by atoms with van der Waals surface area (Å²) in [4.78, 5) is 32.0. The molecule has 4 fully saturated rings. The van der Waals surface area contributed by atoms with Gasteiger partial charge in [-0.3, -0.25) is 9.69 Å². The molecule has 1 aromatic carbocycles. The van der Waals surface area contributed by atoms with Gasteiger partial charge in [0.15, 0.2) is 0 Å². The Morgan fingerprint density at radius 1 is 1.06 bits per heavy atom. The number of nitrogens with one attached hydrogen (secondary N) is 1. The summed E-state index contributed by atoms with van der Waals surface area (Å²) in [7, 11) is 0. The van der Waals surface area contributed by atoms with E-state index in [4.69, 9.17) is 0 Å². The number of rotatable bonds is 3. The summed E-state index contributed by atoms with van der Waals surface area (Å²) in [5.41, 5.74) is 2.16. The molecule has 4 heterocycles. The fraction of sp³-hybridized carbons (Fsp3) is 0.680. The van der Waals surface area contributed by atoms with Crippen molar-refractivity contribution in [3.8, 4) is 0 Å². The molecule has 0 radical (unpaired) electrons. The van der Waals surface area contributed by atoms with Crippen LogP contribution in [0.15, 0.2) is 24.3 Å². The number of urea groups is 1. The van der Waals surface area contributed by atoms with Crippen molar-refractivity contribution in [1.82, 2.24) is 14.7 Å².